The molecular formula is C11H17N3O. The Hall–Kier alpha value is -0.900. The molecule has 4 heteroatoms. The minimum absolute atomic E-state index is 0.479. The number of nitrogens with zero attached hydrogens (tertiary/aromatic N) is 3. The second-order valence-electron chi connectivity index (χ2n) is 4.65. The van der Waals surface area contributed by atoms with Crippen molar-refractivity contribution >= 4 is 0 Å². The van der Waals surface area contributed by atoms with Crippen molar-refractivity contribution < 1.29 is 4.74 Å². The van der Waals surface area contributed by atoms with Crippen LogP contribution in [0.3, 0.4) is 0 Å². The Morgan fingerprint density at radius 3 is 3.07 bits per heavy atom. The summed E-state index contributed by atoms with van der Waals surface area (Å²) in [4.78, 5) is 0. The molecule has 1 aromatic heterocycles. The van der Waals surface area contributed by atoms with Crippen LogP contribution in [0.2, 0.25) is 0 Å². The fraction of sp³-hybridized carbons (Fsp3) is 0.818. The van der Waals surface area contributed by atoms with Crippen LogP contribution in [0.25, 0.3) is 0 Å². The van der Waals surface area contributed by atoms with Gasteiger partial charge in [0.1, 0.15) is 11.6 Å². The summed E-state index contributed by atoms with van der Waals surface area (Å²) in [6.45, 7) is 3.97. The molecule has 1 saturated heterocycles. The lowest BCUT2D eigenvalue weighted by molar-refractivity contribution is 0.192. The van der Waals surface area contributed by atoms with Gasteiger partial charge in [-0.05, 0) is 26.2 Å². The zero-order valence-corrected chi connectivity index (χ0v) is 9.15. The third kappa shape index (κ3) is 1.47. The summed E-state index contributed by atoms with van der Waals surface area (Å²) in [5.74, 6) is 2.82. The van der Waals surface area contributed by atoms with E-state index in [0.29, 0.717) is 12.0 Å². The summed E-state index contributed by atoms with van der Waals surface area (Å²) in [6, 6.07) is 0.569. The van der Waals surface area contributed by atoms with Gasteiger partial charge in [-0.1, -0.05) is 0 Å². The van der Waals surface area contributed by atoms with Crippen molar-refractivity contribution in [3.05, 3.63) is 11.6 Å². The van der Waals surface area contributed by atoms with Crippen LogP contribution >= 0.6 is 0 Å². The molecule has 0 aromatic carbocycles. The van der Waals surface area contributed by atoms with E-state index in [9.17, 15) is 0 Å². The molecule has 0 radical (unpaired) electrons. The Kier molecular flexibility index (Phi) is 2.24. The summed E-state index contributed by atoms with van der Waals surface area (Å²) in [6.07, 6.45) is 4.70. The number of ether oxygens (including phenoxy) is 1. The molecule has 1 aromatic rings. The minimum Gasteiger partial charge on any atom is -0.381 e. The zero-order valence-electron chi connectivity index (χ0n) is 9.15. The van der Waals surface area contributed by atoms with E-state index in [0.717, 1.165) is 31.9 Å². The Morgan fingerprint density at radius 2 is 2.27 bits per heavy atom. The van der Waals surface area contributed by atoms with Crippen LogP contribution in [-0.2, 0) is 11.2 Å². The molecule has 82 valence electrons. The summed E-state index contributed by atoms with van der Waals surface area (Å²) in [5, 5.41) is 8.67. The van der Waals surface area contributed by atoms with Crippen molar-refractivity contribution in [2.45, 2.75) is 44.6 Å². The van der Waals surface area contributed by atoms with Gasteiger partial charge in [0.2, 0.25) is 0 Å². The van der Waals surface area contributed by atoms with Crippen LogP contribution in [-0.4, -0.2) is 28.0 Å². The van der Waals surface area contributed by atoms with Gasteiger partial charge in [0, 0.05) is 25.0 Å². The Bertz CT molecular complexity index is 355. The molecule has 0 aliphatic carbocycles. The molecule has 0 N–H and O–H groups in total. The normalized spacial score (nSPS) is 30.5. The maximum Gasteiger partial charge on any atom is 0.138 e. The molecule has 2 unspecified atom stereocenters. The maximum atomic E-state index is 5.43. The minimum atomic E-state index is 0.479. The molecule has 2 atom stereocenters. The first-order valence-electron chi connectivity index (χ1n) is 5.87. The van der Waals surface area contributed by atoms with Gasteiger partial charge in [0.15, 0.2) is 0 Å². The molecular weight excluding hydrogens is 190 g/mol. The fourth-order valence-electron chi connectivity index (χ4n) is 2.69. The molecule has 2 aliphatic heterocycles. The van der Waals surface area contributed by atoms with E-state index >= 15 is 0 Å². The van der Waals surface area contributed by atoms with Crippen LogP contribution in [0.1, 0.15) is 49.8 Å². The van der Waals surface area contributed by atoms with Gasteiger partial charge in [0.25, 0.3) is 0 Å². The lowest BCUT2D eigenvalue weighted by Gasteiger charge is -2.23. The SMILES string of the molecule is CC1CCCc2nnc(C3CCOC3)n21. The quantitative estimate of drug-likeness (QED) is 0.703. The van der Waals surface area contributed by atoms with Gasteiger partial charge in [-0.3, -0.25) is 0 Å². The van der Waals surface area contributed by atoms with Gasteiger partial charge in [0.05, 0.1) is 6.61 Å². The average molecular weight is 207 g/mol. The third-order valence-corrected chi connectivity index (χ3v) is 3.55. The highest BCUT2D eigenvalue weighted by atomic mass is 16.5. The van der Waals surface area contributed by atoms with Crippen molar-refractivity contribution in [1.82, 2.24) is 14.8 Å². The van der Waals surface area contributed by atoms with Crippen molar-refractivity contribution in [3.8, 4) is 0 Å². The summed E-state index contributed by atoms with van der Waals surface area (Å²) < 4.78 is 7.78. The van der Waals surface area contributed by atoms with E-state index in [-0.39, 0.29) is 0 Å². The second-order valence-corrected chi connectivity index (χ2v) is 4.65. The van der Waals surface area contributed by atoms with E-state index in [2.05, 4.69) is 21.7 Å². The first-order valence-corrected chi connectivity index (χ1v) is 5.87. The molecule has 4 nitrogen and oxygen atoms in total. The van der Waals surface area contributed by atoms with Crippen LogP contribution in [0.5, 0.6) is 0 Å². The van der Waals surface area contributed by atoms with Crippen LogP contribution in [0.4, 0.5) is 0 Å². The lowest BCUT2D eigenvalue weighted by atomic mass is 10.0. The molecule has 0 bridgehead atoms. The smallest absolute Gasteiger partial charge is 0.138 e. The highest BCUT2D eigenvalue weighted by Crippen LogP contribution is 2.31. The van der Waals surface area contributed by atoms with E-state index in [1.807, 2.05) is 0 Å². The zero-order chi connectivity index (χ0) is 10.3. The molecule has 0 amide bonds. The van der Waals surface area contributed by atoms with E-state index in [1.165, 1.54) is 18.7 Å². The largest absolute Gasteiger partial charge is 0.381 e. The van der Waals surface area contributed by atoms with Crippen molar-refractivity contribution in [1.29, 1.82) is 0 Å². The van der Waals surface area contributed by atoms with Crippen LogP contribution < -0.4 is 0 Å². The molecule has 3 rings (SSSR count). The standard InChI is InChI=1S/C11H17N3O/c1-8-3-2-4-10-12-13-11(14(8)10)9-5-6-15-7-9/h8-9H,2-7H2,1H3. The molecule has 0 saturated carbocycles. The molecule has 1 fully saturated rings. The third-order valence-electron chi connectivity index (χ3n) is 3.55. The Balaban J connectivity index is 1.97. The van der Waals surface area contributed by atoms with Crippen LogP contribution in [0.15, 0.2) is 0 Å². The Morgan fingerprint density at radius 1 is 1.33 bits per heavy atom. The number of aryl methyl sites for hydroxylation is 1. The summed E-state index contributed by atoms with van der Waals surface area (Å²) in [7, 11) is 0. The van der Waals surface area contributed by atoms with Crippen LogP contribution in [0, 0.1) is 0 Å². The van der Waals surface area contributed by atoms with E-state index in [1.54, 1.807) is 0 Å². The lowest BCUT2D eigenvalue weighted by Crippen LogP contribution is -2.19. The van der Waals surface area contributed by atoms with Gasteiger partial charge in [-0.2, -0.15) is 0 Å². The second kappa shape index (κ2) is 3.59. The average Bonchev–Trinajstić information content (AvgIpc) is 2.85. The molecule has 3 heterocycles. The monoisotopic (exact) mass is 207 g/mol. The van der Waals surface area contributed by atoms with Crippen molar-refractivity contribution in [3.63, 3.8) is 0 Å². The summed E-state index contributed by atoms with van der Waals surface area (Å²) in [5.41, 5.74) is 0. The highest BCUT2D eigenvalue weighted by molar-refractivity contribution is 5.07. The summed E-state index contributed by atoms with van der Waals surface area (Å²) >= 11 is 0. The van der Waals surface area contributed by atoms with Gasteiger partial charge < -0.3 is 9.30 Å². The molecule has 15 heavy (non-hydrogen) atoms. The Labute approximate surface area is 89.6 Å². The van der Waals surface area contributed by atoms with Crippen molar-refractivity contribution in [2.75, 3.05) is 13.2 Å². The number of fused-ring (bicyclic) bond motifs is 1. The van der Waals surface area contributed by atoms with E-state index in [4.69, 9.17) is 4.74 Å². The number of aromatic nitrogens is 3. The van der Waals surface area contributed by atoms with Gasteiger partial charge >= 0.3 is 0 Å². The molecule has 2 aliphatic rings. The first kappa shape index (κ1) is 9.33. The van der Waals surface area contributed by atoms with Gasteiger partial charge in [-0.25, -0.2) is 0 Å². The highest BCUT2D eigenvalue weighted by Gasteiger charge is 2.28. The van der Waals surface area contributed by atoms with Crippen molar-refractivity contribution in [2.24, 2.45) is 0 Å². The number of rotatable bonds is 1. The van der Waals surface area contributed by atoms with Gasteiger partial charge in [-0.15, -0.1) is 10.2 Å². The first-order chi connectivity index (χ1) is 7.36. The predicted molar refractivity (Wildman–Crippen MR) is 55.8 cm³/mol. The topological polar surface area (TPSA) is 39.9 Å². The maximum absolute atomic E-state index is 5.43. The van der Waals surface area contributed by atoms with E-state index < -0.39 is 0 Å². The predicted octanol–water partition coefficient (Wildman–Crippen LogP) is 1.68. The fourth-order valence-corrected chi connectivity index (χ4v) is 2.69. The number of hydrogen-bond donors (Lipinski definition) is 0. The number of hydrogen-bond acceptors (Lipinski definition) is 3. The molecule has 0 spiro atoms.